The van der Waals surface area contributed by atoms with Crippen LogP contribution in [-0.4, -0.2) is 26.8 Å². The number of benzene rings is 1. The molecule has 0 saturated carbocycles. The van der Waals surface area contributed by atoms with Gasteiger partial charge in [0, 0.05) is 11.4 Å². The second-order valence-electron chi connectivity index (χ2n) is 3.33. The molecule has 0 aliphatic heterocycles. The SMILES string of the molecule is NCCn1nnnc1CSc1ccccc1Cl. The molecule has 5 nitrogen and oxygen atoms in total. The highest BCUT2D eigenvalue weighted by atomic mass is 35.5. The van der Waals surface area contributed by atoms with Crippen molar-refractivity contribution in [1.82, 2.24) is 20.2 Å². The molecule has 90 valence electrons. The van der Waals surface area contributed by atoms with Crippen LogP contribution in [-0.2, 0) is 12.3 Å². The summed E-state index contributed by atoms with van der Waals surface area (Å²) in [5, 5.41) is 12.2. The first-order chi connectivity index (χ1) is 8.31. The Morgan fingerprint density at radius 2 is 2.18 bits per heavy atom. The van der Waals surface area contributed by atoms with E-state index >= 15 is 0 Å². The predicted octanol–water partition coefficient (Wildman–Crippen LogP) is 1.58. The number of tetrazole rings is 1. The van der Waals surface area contributed by atoms with Crippen LogP contribution in [0.15, 0.2) is 29.2 Å². The molecule has 0 atom stereocenters. The van der Waals surface area contributed by atoms with Gasteiger partial charge >= 0.3 is 0 Å². The quantitative estimate of drug-likeness (QED) is 0.835. The molecular weight excluding hydrogens is 258 g/mol. The predicted molar refractivity (Wildman–Crippen MR) is 67.9 cm³/mol. The first-order valence-electron chi connectivity index (χ1n) is 5.13. The first kappa shape index (κ1) is 12.3. The van der Waals surface area contributed by atoms with Crippen molar-refractivity contribution in [1.29, 1.82) is 0 Å². The topological polar surface area (TPSA) is 69.6 Å². The van der Waals surface area contributed by atoms with Crippen LogP contribution < -0.4 is 5.73 Å². The number of nitrogens with two attached hydrogens (primary N) is 1. The third-order valence-corrected chi connectivity index (χ3v) is 3.65. The van der Waals surface area contributed by atoms with Gasteiger partial charge in [-0.2, -0.15) is 0 Å². The van der Waals surface area contributed by atoms with E-state index in [1.165, 1.54) is 0 Å². The first-order valence-corrected chi connectivity index (χ1v) is 6.50. The third-order valence-electron chi connectivity index (χ3n) is 2.14. The van der Waals surface area contributed by atoms with Gasteiger partial charge < -0.3 is 5.73 Å². The van der Waals surface area contributed by atoms with Gasteiger partial charge in [0.05, 0.1) is 17.3 Å². The fraction of sp³-hybridized carbons (Fsp3) is 0.300. The molecule has 7 heteroatoms. The van der Waals surface area contributed by atoms with E-state index in [9.17, 15) is 0 Å². The van der Waals surface area contributed by atoms with Crippen molar-refractivity contribution in [3.8, 4) is 0 Å². The standard InChI is InChI=1S/C10H12ClN5S/c11-8-3-1-2-4-9(8)17-7-10-13-14-15-16(10)6-5-12/h1-4H,5-7,12H2. The Hall–Kier alpha value is -1.11. The number of hydrogen-bond acceptors (Lipinski definition) is 5. The Labute approximate surface area is 108 Å². The minimum atomic E-state index is 0.523. The number of thioether (sulfide) groups is 1. The fourth-order valence-corrected chi connectivity index (χ4v) is 2.50. The Morgan fingerprint density at radius 1 is 1.35 bits per heavy atom. The zero-order valence-corrected chi connectivity index (χ0v) is 10.7. The summed E-state index contributed by atoms with van der Waals surface area (Å²) in [5.74, 6) is 1.48. The molecule has 1 aromatic carbocycles. The lowest BCUT2D eigenvalue weighted by molar-refractivity contribution is 0.582. The van der Waals surface area contributed by atoms with Crippen molar-refractivity contribution >= 4 is 23.4 Å². The zero-order chi connectivity index (χ0) is 12.1. The van der Waals surface area contributed by atoms with Crippen LogP contribution in [0.4, 0.5) is 0 Å². The molecular formula is C10H12ClN5S. The van der Waals surface area contributed by atoms with E-state index in [0.29, 0.717) is 18.8 Å². The summed E-state index contributed by atoms with van der Waals surface area (Å²) < 4.78 is 1.71. The van der Waals surface area contributed by atoms with E-state index < -0.39 is 0 Å². The van der Waals surface area contributed by atoms with Gasteiger partial charge in [0.2, 0.25) is 0 Å². The fourth-order valence-electron chi connectivity index (χ4n) is 1.33. The molecule has 0 radical (unpaired) electrons. The lowest BCUT2D eigenvalue weighted by Gasteiger charge is -2.04. The summed E-state index contributed by atoms with van der Waals surface area (Å²) in [6, 6.07) is 7.71. The highest BCUT2D eigenvalue weighted by Crippen LogP contribution is 2.28. The normalized spacial score (nSPS) is 10.7. The van der Waals surface area contributed by atoms with Crippen molar-refractivity contribution in [3.05, 3.63) is 35.1 Å². The molecule has 0 unspecified atom stereocenters. The molecule has 2 rings (SSSR count). The number of hydrogen-bond donors (Lipinski definition) is 1. The molecule has 0 bridgehead atoms. The van der Waals surface area contributed by atoms with Crippen LogP contribution >= 0.6 is 23.4 Å². The minimum absolute atomic E-state index is 0.523. The Bertz CT molecular complexity index is 487. The van der Waals surface area contributed by atoms with E-state index in [1.807, 2.05) is 24.3 Å². The maximum absolute atomic E-state index is 6.07. The Balaban J connectivity index is 2.02. The summed E-state index contributed by atoms with van der Waals surface area (Å²) in [6.45, 7) is 1.15. The smallest absolute Gasteiger partial charge is 0.161 e. The molecule has 2 N–H and O–H groups in total. The van der Waals surface area contributed by atoms with Gasteiger partial charge in [-0.3, -0.25) is 0 Å². The zero-order valence-electron chi connectivity index (χ0n) is 9.08. The number of halogens is 1. The van der Waals surface area contributed by atoms with Crippen LogP contribution in [0, 0.1) is 0 Å². The highest BCUT2D eigenvalue weighted by Gasteiger charge is 2.07. The minimum Gasteiger partial charge on any atom is -0.329 e. The summed E-state index contributed by atoms with van der Waals surface area (Å²) in [7, 11) is 0. The second kappa shape index (κ2) is 6.00. The maximum Gasteiger partial charge on any atom is 0.161 e. The monoisotopic (exact) mass is 269 g/mol. The lowest BCUT2D eigenvalue weighted by Crippen LogP contribution is -2.13. The summed E-state index contributed by atoms with van der Waals surface area (Å²) in [4.78, 5) is 1.02. The van der Waals surface area contributed by atoms with Crippen molar-refractivity contribution in [2.45, 2.75) is 17.2 Å². The van der Waals surface area contributed by atoms with Crippen molar-refractivity contribution in [2.24, 2.45) is 5.73 Å². The number of aromatic nitrogens is 4. The van der Waals surface area contributed by atoms with Crippen LogP contribution in [0.2, 0.25) is 5.02 Å². The van der Waals surface area contributed by atoms with Crippen LogP contribution in [0.1, 0.15) is 5.82 Å². The second-order valence-corrected chi connectivity index (χ2v) is 4.75. The molecule has 0 aliphatic rings. The average Bonchev–Trinajstić information content (AvgIpc) is 2.76. The van der Waals surface area contributed by atoms with Gasteiger partial charge in [-0.05, 0) is 22.6 Å². The van der Waals surface area contributed by atoms with Gasteiger partial charge in [-0.25, -0.2) is 4.68 Å². The van der Waals surface area contributed by atoms with E-state index in [0.717, 1.165) is 15.7 Å². The number of rotatable bonds is 5. The summed E-state index contributed by atoms with van der Waals surface area (Å²) in [6.07, 6.45) is 0. The largest absolute Gasteiger partial charge is 0.329 e. The number of nitrogens with zero attached hydrogens (tertiary/aromatic N) is 4. The van der Waals surface area contributed by atoms with Crippen molar-refractivity contribution < 1.29 is 0 Å². The Morgan fingerprint density at radius 3 is 2.94 bits per heavy atom. The molecule has 2 aromatic rings. The van der Waals surface area contributed by atoms with Gasteiger partial charge in [0.1, 0.15) is 0 Å². The lowest BCUT2D eigenvalue weighted by atomic mass is 10.4. The van der Waals surface area contributed by atoms with Gasteiger partial charge in [-0.15, -0.1) is 16.9 Å². The molecule has 0 saturated heterocycles. The Kier molecular flexibility index (Phi) is 4.36. The van der Waals surface area contributed by atoms with E-state index in [4.69, 9.17) is 17.3 Å². The highest BCUT2D eigenvalue weighted by molar-refractivity contribution is 7.98. The maximum atomic E-state index is 6.07. The molecule has 1 aromatic heterocycles. The molecule has 0 spiro atoms. The van der Waals surface area contributed by atoms with Crippen LogP contribution in [0.3, 0.4) is 0 Å². The molecule has 0 aliphatic carbocycles. The molecule has 17 heavy (non-hydrogen) atoms. The van der Waals surface area contributed by atoms with Crippen LogP contribution in [0.25, 0.3) is 0 Å². The van der Waals surface area contributed by atoms with E-state index in [-0.39, 0.29) is 0 Å². The molecule has 0 fully saturated rings. The van der Waals surface area contributed by atoms with E-state index in [2.05, 4.69) is 15.5 Å². The average molecular weight is 270 g/mol. The third kappa shape index (κ3) is 3.18. The van der Waals surface area contributed by atoms with Crippen LogP contribution in [0.5, 0.6) is 0 Å². The summed E-state index contributed by atoms with van der Waals surface area (Å²) >= 11 is 7.67. The van der Waals surface area contributed by atoms with Crippen molar-refractivity contribution in [2.75, 3.05) is 6.54 Å². The van der Waals surface area contributed by atoms with Crippen molar-refractivity contribution in [3.63, 3.8) is 0 Å². The summed E-state index contributed by atoms with van der Waals surface area (Å²) in [5.41, 5.74) is 5.48. The van der Waals surface area contributed by atoms with Gasteiger partial charge in [0.25, 0.3) is 0 Å². The molecule has 0 amide bonds. The van der Waals surface area contributed by atoms with E-state index in [1.54, 1.807) is 16.4 Å². The van der Waals surface area contributed by atoms with Gasteiger partial charge in [-0.1, -0.05) is 23.7 Å². The van der Waals surface area contributed by atoms with Gasteiger partial charge in [0.15, 0.2) is 5.82 Å². The molecule has 1 heterocycles.